The molecule has 0 aliphatic carbocycles. The summed E-state index contributed by atoms with van der Waals surface area (Å²) >= 11 is 5.95. The van der Waals surface area contributed by atoms with Crippen molar-refractivity contribution in [2.75, 3.05) is 20.6 Å². The minimum Gasteiger partial charge on any atom is -0.314 e. The maximum atomic E-state index is 13.3. The zero-order valence-electron chi connectivity index (χ0n) is 17.6. The summed E-state index contributed by atoms with van der Waals surface area (Å²) in [5.41, 5.74) is 1.93. The number of hydrogen-bond acceptors (Lipinski definition) is 4. The van der Waals surface area contributed by atoms with Crippen LogP contribution in [-0.2, 0) is 20.1 Å². The van der Waals surface area contributed by atoms with E-state index in [0.717, 1.165) is 30.8 Å². The zero-order valence-corrected chi connectivity index (χ0v) is 18.3. The Labute approximate surface area is 178 Å². The molecule has 0 saturated heterocycles. The largest absolute Gasteiger partial charge is 0.332 e. The van der Waals surface area contributed by atoms with Crippen LogP contribution < -0.4 is 11.2 Å². The predicted molar refractivity (Wildman–Crippen MR) is 119 cm³/mol. The van der Waals surface area contributed by atoms with E-state index in [1.807, 2.05) is 39.3 Å². The summed E-state index contributed by atoms with van der Waals surface area (Å²) < 4.78 is 6.59. The predicted octanol–water partition coefficient (Wildman–Crippen LogP) is 2.11. The van der Waals surface area contributed by atoms with E-state index in [1.54, 1.807) is 23.6 Å². The van der Waals surface area contributed by atoms with Crippen molar-refractivity contribution >= 4 is 28.5 Å². The quantitative estimate of drug-likeness (QED) is 0.471. The Morgan fingerprint density at radius 1 is 1.10 bits per heavy atom. The van der Waals surface area contributed by atoms with Crippen LogP contribution >= 0.6 is 11.6 Å². The Bertz CT molecular complexity index is 1340. The van der Waals surface area contributed by atoms with Gasteiger partial charge in [-0.15, -0.1) is 0 Å². The van der Waals surface area contributed by atoms with Gasteiger partial charge in [0.2, 0.25) is 5.78 Å². The molecule has 30 heavy (non-hydrogen) atoms. The fourth-order valence-corrected chi connectivity index (χ4v) is 3.91. The van der Waals surface area contributed by atoms with Gasteiger partial charge in [-0.1, -0.05) is 23.7 Å². The van der Waals surface area contributed by atoms with Crippen LogP contribution in [0.4, 0.5) is 0 Å². The molecule has 0 N–H and O–H groups in total. The van der Waals surface area contributed by atoms with Gasteiger partial charge < -0.3 is 9.47 Å². The average molecular weight is 429 g/mol. The van der Waals surface area contributed by atoms with Gasteiger partial charge in [-0.05, 0) is 51.7 Å². The van der Waals surface area contributed by atoms with Gasteiger partial charge in [-0.3, -0.25) is 18.3 Å². The first kappa shape index (κ1) is 20.4. The van der Waals surface area contributed by atoms with Gasteiger partial charge in [0, 0.05) is 30.5 Å². The third-order valence-corrected chi connectivity index (χ3v) is 5.63. The Morgan fingerprint density at radius 3 is 2.47 bits per heavy atom. The van der Waals surface area contributed by atoms with Crippen LogP contribution in [0.3, 0.4) is 0 Å². The van der Waals surface area contributed by atoms with Crippen molar-refractivity contribution in [3.05, 3.63) is 67.6 Å². The van der Waals surface area contributed by atoms with E-state index in [2.05, 4.69) is 14.5 Å². The van der Waals surface area contributed by atoms with Gasteiger partial charge >= 0.3 is 5.69 Å². The fraction of sp³-hybridized carbons (Fsp3) is 0.381. The lowest BCUT2D eigenvalue weighted by molar-refractivity contribution is 0.387. The van der Waals surface area contributed by atoms with Gasteiger partial charge in [-0.2, -0.15) is 4.98 Å². The number of benzene rings is 1. The highest BCUT2D eigenvalue weighted by Gasteiger charge is 2.20. The number of aromatic nitrogens is 5. The molecular weight excluding hydrogens is 404 g/mol. The number of aryl methyl sites for hydroxylation is 3. The van der Waals surface area contributed by atoms with Crippen LogP contribution in [0.1, 0.15) is 17.7 Å². The van der Waals surface area contributed by atoms with Gasteiger partial charge in [0.15, 0.2) is 11.2 Å². The normalized spacial score (nSPS) is 11.9. The van der Waals surface area contributed by atoms with E-state index in [4.69, 9.17) is 11.6 Å². The van der Waals surface area contributed by atoms with Crippen LogP contribution in [0.2, 0.25) is 5.02 Å². The maximum Gasteiger partial charge on any atom is 0.332 e. The summed E-state index contributed by atoms with van der Waals surface area (Å²) in [5, 5.41) is 0.609. The zero-order chi connectivity index (χ0) is 21.6. The van der Waals surface area contributed by atoms with Crippen molar-refractivity contribution in [2.24, 2.45) is 7.05 Å². The summed E-state index contributed by atoms with van der Waals surface area (Å²) in [6, 6.07) is 7.13. The van der Waals surface area contributed by atoms with Crippen molar-refractivity contribution in [1.82, 2.24) is 28.0 Å². The third-order valence-electron chi connectivity index (χ3n) is 5.38. The van der Waals surface area contributed by atoms with Crippen molar-refractivity contribution in [3.8, 4) is 0 Å². The van der Waals surface area contributed by atoms with Gasteiger partial charge in [0.05, 0.1) is 6.54 Å². The lowest BCUT2D eigenvalue weighted by Crippen LogP contribution is -2.39. The van der Waals surface area contributed by atoms with E-state index in [0.29, 0.717) is 22.0 Å². The summed E-state index contributed by atoms with van der Waals surface area (Å²) in [6.45, 7) is 3.92. The van der Waals surface area contributed by atoms with E-state index in [-0.39, 0.29) is 17.8 Å². The number of fused-ring (bicyclic) bond motifs is 3. The lowest BCUT2D eigenvalue weighted by Gasteiger charge is -2.10. The van der Waals surface area contributed by atoms with Gasteiger partial charge in [0.1, 0.15) is 0 Å². The first-order valence-electron chi connectivity index (χ1n) is 9.85. The molecule has 0 aliphatic rings. The Morgan fingerprint density at radius 2 is 1.80 bits per heavy atom. The topological polar surface area (TPSA) is 69.5 Å². The molecule has 0 unspecified atom stereocenters. The van der Waals surface area contributed by atoms with E-state index < -0.39 is 0 Å². The number of imidazole rings is 2. The van der Waals surface area contributed by atoms with Crippen LogP contribution in [0.25, 0.3) is 16.9 Å². The number of halogens is 1. The molecule has 3 aromatic heterocycles. The summed E-state index contributed by atoms with van der Waals surface area (Å²) in [5.74, 6) is 0.678. The molecule has 1 aromatic carbocycles. The molecule has 0 atom stereocenters. The van der Waals surface area contributed by atoms with Crippen LogP contribution in [0.5, 0.6) is 0 Å². The standard InChI is InChI=1S/C21H25ClN6O2/c1-14-12-27-17-18(23-20(27)26(14)11-5-10-24(2)3)25(4)21(30)28(19(17)29)13-15-6-8-16(22)9-7-15/h6-9,12H,5,10-11,13H2,1-4H3. The van der Waals surface area contributed by atoms with Crippen LogP contribution in [0, 0.1) is 6.92 Å². The first-order chi connectivity index (χ1) is 14.3. The molecule has 0 fully saturated rings. The molecule has 4 aromatic rings. The Kier molecular flexibility index (Phi) is 5.29. The second kappa shape index (κ2) is 7.77. The van der Waals surface area contributed by atoms with E-state index >= 15 is 0 Å². The fourth-order valence-electron chi connectivity index (χ4n) is 3.79. The van der Waals surface area contributed by atoms with Crippen molar-refractivity contribution in [3.63, 3.8) is 0 Å². The number of rotatable bonds is 6. The molecule has 0 aliphatic heterocycles. The summed E-state index contributed by atoms with van der Waals surface area (Å²) in [6.07, 6.45) is 2.87. The molecule has 3 heterocycles. The van der Waals surface area contributed by atoms with E-state index in [9.17, 15) is 9.59 Å². The Hall–Kier alpha value is -2.84. The highest BCUT2D eigenvalue weighted by Crippen LogP contribution is 2.17. The van der Waals surface area contributed by atoms with Crippen molar-refractivity contribution in [2.45, 2.75) is 26.4 Å². The Balaban J connectivity index is 1.86. The molecular formula is C21H25ClN6O2. The van der Waals surface area contributed by atoms with Crippen LogP contribution in [-0.4, -0.2) is 48.6 Å². The number of nitrogens with zero attached hydrogens (tertiary/aromatic N) is 6. The minimum absolute atomic E-state index is 0.175. The van der Waals surface area contributed by atoms with Crippen molar-refractivity contribution < 1.29 is 0 Å². The van der Waals surface area contributed by atoms with E-state index in [1.165, 1.54) is 9.13 Å². The highest BCUT2D eigenvalue weighted by atomic mass is 35.5. The molecule has 0 saturated carbocycles. The molecule has 0 amide bonds. The highest BCUT2D eigenvalue weighted by molar-refractivity contribution is 6.30. The van der Waals surface area contributed by atoms with Crippen LogP contribution in [0.15, 0.2) is 40.1 Å². The SMILES string of the molecule is Cc1cn2c3c(=O)n(Cc4ccc(Cl)cc4)c(=O)n(C)c3nc2n1CCCN(C)C. The lowest BCUT2D eigenvalue weighted by atomic mass is 10.2. The average Bonchev–Trinajstić information content (AvgIpc) is 3.20. The summed E-state index contributed by atoms with van der Waals surface area (Å²) in [7, 11) is 5.74. The van der Waals surface area contributed by atoms with Gasteiger partial charge in [0.25, 0.3) is 5.56 Å². The maximum absolute atomic E-state index is 13.3. The monoisotopic (exact) mass is 428 g/mol. The van der Waals surface area contributed by atoms with Crippen molar-refractivity contribution in [1.29, 1.82) is 0 Å². The molecule has 9 heteroatoms. The van der Waals surface area contributed by atoms with Gasteiger partial charge in [-0.25, -0.2) is 4.79 Å². The minimum atomic E-state index is -0.390. The number of hydrogen-bond donors (Lipinski definition) is 0. The summed E-state index contributed by atoms with van der Waals surface area (Å²) in [4.78, 5) is 33.0. The molecule has 0 spiro atoms. The molecule has 158 valence electrons. The third kappa shape index (κ3) is 3.46. The first-order valence-corrected chi connectivity index (χ1v) is 10.2. The molecule has 4 rings (SSSR count). The second-order valence-electron chi connectivity index (χ2n) is 7.89. The molecule has 0 radical (unpaired) electrons. The molecule has 8 nitrogen and oxygen atoms in total. The second-order valence-corrected chi connectivity index (χ2v) is 8.33. The molecule has 0 bridgehead atoms. The smallest absolute Gasteiger partial charge is 0.314 e.